The topological polar surface area (TPSA) is 62.5 Å². The number of hydrogen-bond donors (Lipinski definition) is 2. The van der Waals surface area contributed by atoms with E-state index in [4.69, 9.17) is 16.0 Å². The van der Waals surface area contributed by atoms with Crippen molar-refractivity contribution in [1.82, 2.24) is 0 Å². The molecular formula is C24H18ClNO3. The van der Waals surface area contributed by atoms with E-state index in [1.165, 1.54) is 0 Å². The summed E-state index contributed by atoms with van der Waals surface area (Å²) in [6.45, 7) is -0.187. The number of carbonyl (C=O) groups excluding carboxylic acids is 1. The van der Waals surface area contributed by atoms with Crippen molar-refractivity contribution >= 4 is 23.2 Å². The smallest absolute Gasteiger partial charge is 0.255 e. The number of furan rings is 1. The molecule has 0 radical (unpaired) electrons. The predicted octanol–water partition coefficient (Wildman–Crippen LogP) is 6.01. The number of benzene rings is 3. The lowest BCUT2D eigenvalue weighted by molar-refractivity contribution is 0.102. The van der Waals surface area contributed by atoms with Crippen LogP contribution in [0.3, 0.4) is 0 Å². The van der Waals surface area contributed by atoms with Gasteiger partial charge in [-0.1, -0.05) is 54.1 Å². The molecule has 4 aromatic rings. The maximum atomic E-state index is 12.6. The SMILES string of the molecule is O=C(Nc1ccc(Cl)c(-c2ccc(CO)o2)c1)c1ccc(-c2ccccc2)cc1. The molecule has 0 aliphatic heterocycles. The van der Waals surface area contributed by atoms with E-state index >= 15 is 0 Å². The molecule has 0 aliphatic rings. The fourth-order valence-corrected chi connectivity index (χ4v) is 3.26. The van der Waals surface area contributed by atoms with Gasteiger partial charge in [0.25, 0.3) is 5.91 Å². The van der Waals surface area contributed by atoms with E-state index in [0.29, 0.717) is 33.4 Å². The van der Waals surface area contributed by atoms with Crippen molar-refractivity contribution in [2.45, 2.75) is 6.61 Å². The van der Waals surface area contributed by atoms with Gasteiger partial charge in [0.1, 0.15) is 18.1 Å². The minimum absolute atomic E-state index is 0.187. The molecule has 1 amide bonds. The summed E-state index contributed by atoms with van der Waals surface area (Å²) in [4.78, 5) is 12.6. The van der Waals surface area contributed by atoms with Gasteiger partial charge in [-0.15, -0.1) is 0 Å². The van der Waals surface area contributed by atoms with Crippen LogP contribution in [0.15, 0.2) is 89.3 Å². The molecule has 2 N–H and O–H groups in total. The molecule has 29 heavy (non-hydrogen) atoms. The van der Waals surface area contributed by atoms with Crippen LogP contribution in [0.2, 0.25) is 5.02 Å². The Balaban J connectivity index is 1.53. The number of anilines is 1. The largest absolute Gasteiger partial charge is 0.459 e. The van der Waals surface area contributed by atoms with E-state index in [0.717, 1.165) is 11.1 Å². The molecule has 1 aromatic heterocycles. The van der Waals surface area contributed by atoms with Crippen molar-refractivity contribution in [2.75, 3.05) is 5.32 Å². The monoisotopic (exact) mass is 403 g/mol. The Bertz CT molecular complexity index is 1130. The first-order valence-electron chi connectivity index (χ1n) is 9.10. The van der Waals surface area contributed by atoms with Crippen LogP contribution >= 0.6 is 11.6 Å². The van der Waals surface area contributed by atoms with Crippen molar-refractivity contribution in [3.63, 3.8) is 0 Å². The Labute approximate surface area is 173 Å². The molecule has 144 valence electrons. The van der Waals surface area contributed by atoms with Crippen LogP contribution in [0.1, 0.15) is 16.1 Å². The third-order valence-electron chi connectivity index (χ3n) is 4.56. The van der Waals surface area contributed by atoms with Gasteiger partial charge in [0.2, 0.25) is 0 Å². The van der Waals surface area contributed by atoms with Gasteiger partial charge in [0, 0.05) is 16.8 Å². The van der Waals surface area contributed by atoms with E-state index in [2.05, 4.69) is 5.32 Å². The van der Waals surface area contributed by atoms with Crippen molar-refractivity contribution in [2.24, 2.45) is 0 Å². The molecule has 0 saturated carbocycles. The molecule has 1 heterocycles. The first kappa shape index (κ1) is 19.0. The van der Waals surface area contributed by atoms with E-state index in [9.17, 15) is 9.90 Å². The summed E-state index contributed by atoms with van der Waals surface area (Å²) in [6.07, 6.45) is 0. The van der Waals surface area contributed by atoms with Crippen LogP contribution < -0.4 is 5.32 Å². The Morgan fingerprint density at radius 1 is 0.897 bits per heavy atom. The zero-order valence-electron chi connectivity index (χ0n) is 15.4. The summed E-state index contributed by atoms with van der Waals surface area (Å²) in [5.74, 6) is 0.764. The highest BCUT2D eigenvalue weighted by molar-refractivity contribution is 6.33. The minimum Gasteiger partial charge on any atom is -0.459 e. The van der Waals surface area contributed by atoms with Crippen molar-refractivity contribution in [1.29, 1.82) is 0 Å². The molecule has 0 unspecified atom stereocenters. The van der Waals surface area contributed by atoms with Gasteiger partial charge in [-0.3, -0.25) is 4.79 Å². The number of rotatable bonds is 5. The zero-order chi connectivity index (χ0) is 20.2. The van der Waals surface area contributed by atoms with E-state index < -0.39 is 0 Å². The Kier molecular flexibility index (Phi) is 5.47. The summed E-state index contributed by atoms with van der Waals surface area (Å²) in [5.41, 5.74) is 3.95. The normalized spacial score (nSPS) is 10.7. The number of aliphatic hydroxyl groups excluding tert-OH is 1. The van der Waals surface area contributed by atoms with Crippen LogP contribution in [0.5, 0.6) is 0 Å². The minimum atomic E-state index is -0.214. The molecular weight excluding hydrogens is 386 g/mol. The molecule has 4 nitrogen and oxygen atoms in total. The Morgan fingerprint density at radius 2 is 1.62 bits per heavy atom. The fraction of sp³-hybridized carbons (Fsp3) is 0.0417. The number of aliphatic hydroxyl groups is 1. The second-order valence-corrected chi connectivity index (χ2v) is 6.92. The second-order valence-electron chi connectivity index (χ2n) is 6.52. The van der Waals surface area contributed by atoms with Crippen LogP contribution in [-0.4, -0.2) is 11.0 Å². The third-order valence-corrected chi connectivity index (χ3v) is 4.89. The first-order valence-corrected chi connectivity index (χ1v) is 9.48. The van der Waals surface area contributed by atoms with Gasteiger partial charge >= 0.3 is 0 Å². The third kappa shape index (κ3) is 4.24. The van der Waals surface area contributed by atoms with Gasteiger partial charge < -0.3 is 14.8 Å². The number of nitrogens with one attached hydrogen (secondary N) is 1. The van der Waals surface area contributed by atoms with Crippen molar-refractivity contribution in [3.05, 3.63) is 101 Å². The van der Waals surface area contributed by atoms with Gasteiger partial charge in [-0.05, 0) is 53.6 Å². The summed E-state index contributed by atoms with van der Waals surface area (Å²) >= 11 is 6.28. The molecule has 0 fully saturated rings. The predicted molar refractivity (Wildman–Crippen MR) is 115 cm³/mol. The summed E-state index contributed by atoms with van der Waals surface area (Å²) in [5, 5.41) is 12.6. The molecule has 3 aromatic carbocycles. The number of halogens is 1. The summed E-state index contributed by atoms with van der Waals surface area (Å²) in [7, 11) is 0. The lowest BCUT2D eigenvalue weighted by Gasteiger charge is -2.09. The van der Waals surface area contributed by atoms with E-state index in [-0.39, 0.29) is 12.5 Å². The van der Waals surface area contributed by atoms with E-state index in [1.54, 1.807) is 42.5 Å². The lowest BCUT2D eigenvalue weighted by atomic mass is 10.0. The number of carbonyl (C=O) groups is 1. The Morgan fingerprint density at radius 3 is 2.31 bits per heavy atom. The highest BCUT2D eigenvalue weighted by Crippen LogP contribution is 2.32. The quantitative estimate of drug-likeness (QED) is 0.428. The number of hydrogen-bond acceptors (Lipinski definition) is 3. The average Bonchev–Trinajstić information content (AvgIpc) is 3.25. The molecule has 4 rings (SSSR count). The van der Waals surface area contributed by atoms with Gasteiger partial charge in [-0.25, -0.2) is 0 Å². The standard InChI is InChI=1S/C24H18ClNO3/c25-22-12-10-19(14-21(22)23-13-11-20(15-27)29-23)26-24(28)18-8-6-17(7-9-18)16-4-2-1-3-5-16/h1-14,27H,15H2,(H,26,28). The van der Waals surface area contributed by atoms with Crippen LogP contribution in [0.25, 0.3) is 22.5 Å². The molecule has 0 spiro atoms. The van der Waals surface area contributed by atoms with Gasteiger partial charge in [0.15, 0.2) is 0 Å². The number of amides is 1. The molecule has 0 aliphatic carbocycles. The maximum absolute atomic E-state index is 12.6. The highest BCUT2D eigenvalue weighted by atomic mass is 35.5. The van der Waals surface area contributed by atoms with Crippen LogP contribution in [0.4, 0.5) is 5.69 Å². The molecule has 5 heteroatoms. The van der Waals surface area contributed by atoms with E-state index in [1.807, 2.05) is 42.5 Å². The second kappa shape index (κ2) is 8.35. The average molecular weight is 404 g/mol. The van der Waals surface area contributed by atoms with Crippen molar-refractivity contribution < 1.29 is 14.3 Å². The lowest BCUT2D eigenvalue weighted by Crippen LogP contribution is -2.11. The molecule has 0 atom stereocenters. The van der Waals surface area contributed by atoms with Gasteiger partial charge in [0.05, 0.1) is 5.02 Å². The van der Waals surface area contributed by atoms with Crippen LogP contribution in [-0.2, 0) is 6.61 Å². The first-order chi connectivity index (χ1) is 14.1. The fourth-order valence-electron chi connectivity index (χ4n) is 3.05. The Hall–Kier alpha value is -3.34. The zero-order valence-corrected chi connectivity index (χ0v) is 16.2. The van der Waals surface area contributed by atoms with Crippen LogP contribution in [0, 0.1) is 0 Å². The highest BCUT2D eigenvalue weighted by Gasteiger charge is 2.12. The summed E-state index contributed by atoms with van der Waals surface area (Å²) in [6, 6.07) is 26.1. The molecule has 0 saturated heterocycles. The maximum Gasteiger partial charge on any atom is 0.255 e. The van der Waals surface area contributed by atoms with Gasteiger partial charge in [-0.2, -0.15) is 0 Å². The summed E-state index contributed by atoms with van der Waals surface area (Å²) < 4.78 is 5.55. The van der Waals surface area contributed by atoms with Crippen molar-refractivity contribution in [3.8, 4) is 22.5 Å². The molecule has 0 bridgehead atoms.